The van der Waals surface area contributed by atoms with E-state index in [0.717, 1.165) is 0 Å². The van der Waals surface area contributed by atoms with Gasteiger partial charge in [-0.3, -0.25) is 4.79 Å². The highest BCUT2D eigenvalue weighted by molar-refractivity contribution is 7.89. The van der Waals surface area contributed by atoms with Crippen molar-refractivity contribution in [2.24, 2.45) is 11.7 Å². The highest BCUT2D eigenvalue weighted by Crippen LogP contribution is 1.96. The summed E-state index contributed by atoms with van der Waals surface area (Å²) in [5.41, 5.74) is 5.30. The van der Waals surface area contributed by atoms with Gasteiger partial charge < -0.3 is 11.1 Å². The van der Waals surface area contributed by atoms with Crippen molar-refractivity contribution in [3.05, 3.63) is 0 Å². The largest absolute Gasteiger partial charge is 0.354 e. The van der Waals surface area contributed by atoms with E-state index in [9.17, 15) is 13.2 Å². The summed E-state index contributed by atoms with van der Waals surface area (Å²) >= 11 is 0. The Morgan fingerprint density at radius 1 is 1.22 bits per heavy atom. The SMILES string of the molecule is CC(C)CNC(=O)C(C)NS(=O)(=O)CCCCN. The van der Waals surface area contributed by atoms with Crippen LogP contribution in [-0.2, 0) is 14.8 Å². The molecule has 0 aromatic rings. The molecule has 0 aliphatic heterocycles. The first-order valence-electron chi connectivity index (χ1n) is 6.26. The van der Waals surface area contributed by atoms with E-state index >= 15 is 0 Å². The number of rotatable bonds is 9. The molecule has 0 aromatic carbocycles. The summed E-state index contributed by atoms with van der Waals surface area (Å²) in [4.78, 5) is 11.6. The number of unbranched alkanes of at least 4 members (excludes halogenated alkanes) is 1. The molecule has 0 bridgehead atoms. The van der Waals surface area contributed by atoms with Crippen LogP contribution in [-0.4, -0.2) is 39.2 Å². The summed E-state index contributed by atoms with van der Waals surface area (Å²) in [6, 6.07) is -0.744. The number of hydrogen-bond acceptors (Lipinski definition) is 4. The van der Waals surface area contributed by atoms with Gasteiger partial charge in [-0.1, -0.05) is 13.8 Å². The van der Waals surface area contributed by atoms with Crippen LogP contribution < -0.4 is 15.8 Å². The normalized spacial score (nSPS) is 13.6. The van der Waals surface area contributed by atoms with Gasteiger partial charge in [0, 0.05) is 6.54 Å². The number of sulfonamides is 1. The molecule has 1 unspecified atom stereocenters. The molecule has 18 heavy (non-hydrogen) atoms. The van der Waals surface area contributed by atoms with Crippen LogP contribution >= 0.6 is 0 Å². The molecule has 1 atom stereocenters. The lowest BCUT2D eigenvalue weighted by atomic mass is 10.2. The first kappa shape index (κ1) is 17.3. The van der Waals surface area contributed by atoms with E-state index in [0.29, 0.717) is 31.8 Å². The second kappa shape index (κ2) is 8.44. The van der Waals surface area contributed by atoms with E-state index in [-0.39, 0.29) is 11.7 Å². The first-order valence-corrected chi connectivity index (χ1v) is 7.91. The Morgan fingerprint density at radius 2 is 1.83 bits per heavy atom. The van der Waals surface area contributed by atoms with Crippen molar-refractivity contribution in [2.75, 3.05) is 18.8 Å². The van der Waals surface area contributed by atoms with Crippen LogP contribution in [0.1, 0.15) is 33.6 Å². The van der Waals surface area contributed by atoms with Crippen molar-refractivity contribution < 1.29 is 13.2 Å². The molecule has 6 nitrogen and oxygen atoms in total. The molecule has 0 fully saturated rings. The number of carbonyl (C=O) groups excluding carboxylic acids is 1. The molecule has 0 heterocycles. The van der Waals surface area contributed by atoms with Crippen molar-refractivity contribution in [1.29, 1.82) is 0 Å². The van der Waals surface area contributed by atoms with Crippen molar-refractivity contribution in [3.63, 3.8) is 0 Å². The van der Waals surface area contributed by atoms with Gasteiger partial charge in [-0.05, 0) is 32.2 Å². The molecule has 0 spiro atoms. The van der Waals surface area contributed by atoms with Gasteiger partial charge in [0.15, 0.2) is 0 Å². The summed E-state index contributed by atoms with van der Waals surface area (Å²) in [6.45, 7) is 6.50. The molecule has 4 N–H and O–H groups in total. The maximum absolute atomic E-state index is 11.6. The third-order valence-corrected chi connectivity index (χ3v) is 3.84. The molecule has 0 aromatic heterocycles. The minimum absolute atomic E-state index is 0.00595. The van der Waals surface area contributed by atoms with Gasteiger partial charge in [-0.2, -0.15) is 0 Å². The Kier molecular flexibility index (Phi) is 8.13. The van der Waals surface area contributed by atoms with Crippen molar-refractivity contribution >= 4 is 15.9 Å². The van der Waals surface area contributed by atoms with Crippen LogP contribution in [0.4, 0.5) is 0 Å². The smallest absolute Gasteiger partial charge is 0.237 e. The fourth-order valence-corrected chi connectivity index (χ4v) is 2.62. The highest BCUT2D eigenvalue weighted by Gasteiger charge is 2.19. The quantitative estimate of drug-likeness (QED) is 0.509. The van der Waals surface area contributed by atoms with Crippen LogP contribution in [0, 0.1) is 5.92 Å². The van der Waals surface area contributed by atoms with Gasteiger partial charge in [0.2, 0.25) is 15.9 Å². The molecule has 0 saturated carbocycles. The third-order valence-electron chi connectivity index (χ3n) is 2.30. The minimum atomic E-state index is -3.40. The number of nitrogens with one attached hydrogen (secondary N) is 2. The summed E-state index contributed by atoms with van der Waals surface area (Å²) in [5, 5.41) is 2.69. The van der Waals surface area contributed by atoms with Crippen molar-refractivity contribution in [2.45, 2.75) is 39.7 Å². The first-order chi connectivity index (χ1) is 8.28. The van der Waals surface area contributed by atoms with Crippen LogP contribution in [0.3, 0.4) is 0 Å². The maximum Gasteiger partial charge on any atom is 0.237 e. The van der Waals surface area contributed by atoms with Crippen LogP contribution in [0.2, 0.25) is 0 Å². The van der Waals surface area contributed by atoms with E-state index in [1.165, 1.54) is 6.92 Å². The van der Waals surface area contributed by atoms with Crippen LogP contribution in [0.15, 0.2) is 0 Å². The molecular formula is C11H25N3O3S. The van der Waals surface area contributed by atoms with Crippen molar-refractivity contribution in [1.82, 2.24) is 10.0 Å². The van der Waals surface area contributed by atoms with Gasteiger partial charge in [0.25, 0.3) is 0 Å². The molecule has 0 aliphatic carbocycles. The molecule has 0 aliphatic rings. The molecule has 0 rings (SSSR count). The number of hydrogen-bond donors (Lipinski definition) is 3. The monoisotopic (exact) mass is 279 g/mol. The summed E-state index contributed by atoms with van der Waals surface area (Å²) < 4.78 is 25.6. The van der Waals surface area contributed by atoms with Gasteiger partial charge >= 0.3 is 0 Å². The van der Waals surface area contributed by atoms with Crippen LogP contribution in [0.25, 0.3) is 0 Å². The molecule has 7 heteroatoms. The lowest BCUT2D eigenvalue weighted by Gasteiger charge is -2.15. The average Bonchev–Trinajstić information content (AvgIpc) is 2.25. The van der Waals surface area contributed by atoms with E-state index < -0.39 is 16.1 Å². The van der Waals surface area contributed by atoms with E-state index in [2.05, 4.69) is 10.0 Å². The predicted molar refractivity (Wildman–Crippen MR) is 72.5 cm³/mol. The Labute approximate surface area is 110 Å². The molecule has 0 saturated heterocycles. The van der Waals surface area contributed by atoms with E-state index in [4.69, 9.17) is 5.73 Å². The zero-order chi connectivity index (χ0) is 14.2. The molecule has 1 amide bonds. The summed E-state index contributed by atoms with van der Waals surface area (Å²) in [7, 11) is -3.40. The van der Waals surface area contributed by atoms with Gasteiger partial charge in [-0.15, -0.1) is 0 Å². The number of carbonyl (C=O) groups is 1. The zero-order valence-corrected chi connectivity index (χ0v) is 12.2. The molecule has 108 valence electrons. The van der Waals surface area contributed by atoms with Gasteiger partial charge in [-0.25, -0.2) is 13.1 Å². The fraction of sp³-hybridized carbons (Fsp3) is 0.909. The Morgan fingerprint density at radius 3 is 2.33 bits per heavy atom. The lowest BCUT2D eigenvalue weighted by molar-refractivity contribution is -0.122. The van der Waals surface area contributed by atoms with E-state index in [1.807, 2.05) is 13.8 Å². The number of nitrogens with two attached hydrogens (primary N) is 1. The topological polar surface area (TPSA) is 101 Å². The highest BCUT2D eigenvalue weighted by atomic mass is 32.2. The summed E-state index contributed by atoms with van der Waals surface area (Å²) in [6.07, 6.45) is 1.17. The Bertz CT molecular complexity index is 341. The predicted octanol–water partition coefficient (Wildman–Crippen LogP) is -0.195. The fourth-order valence-electron chi connectivity index (χ4n) is 1.28. The molecular weight excluding hydrogens is 254 g/mol. The standard InChI is InChI=1S/C11H25N3O3S/c1-9(2)8-13-11(15)10(3)14-18(16,17)7-5-4-6-12/h9-10,14H,4-8,12H2,1-3H3,(H,13,15). The second-order valence-electron chi connectivity index (χ2n) is 4.79. The second-order valence-corrected chi connectivity index (χ2v) is 6.67. The molecule has 0 radical (unpaired) electrons. The zero-order valence-electron chi connectivity index (χ0n) is 11.4. The number of amides is 1. The van der Waals surface area contributed by atoms with Gasteiger partial charge in [0.05, 0.1) is 11.8 Å². The van der Waals surface area contributed by atoms with Crippen LogP contribution in [0.5, 0.6) is 0 Å². The van der Waals surface area contributed by atoms with Crippen molar-refractivity contribution in [3.8, 4) is 0 Å². The maximum atomic E-state index is 11.6. The lowest BCUT2D eigenvalue weighted by Crippen LogP contribution is -2.46. The van der Waals surface area contributed by atoms with E-state index in [1.54, 1.807) is 0 Å². The Balaban J connectivity index is 4.12. The van der Waals surface area contributed by atoms with Gasteiger partial charge in [0.1, 0.15) is 0 Å². The summed E-state index contributed by atoms with van der Waals surface area (Å²) in [5.74, 6) is 0.0415. The Hall–Kier alpha value is -0.660. The minimum Gasteiger partial charge on any atom is -0.354 e. The third kappa shape index (κ3) is 8.43. The average molecular weight is 279 g/mol.